The summed E-state index contributed by atoms with van der Waals surface area (Å²) in [5.41, 5.74) is 0. The van der Waals surface area contributed by atoms with Crippen molar-refractivity contribution in [1.29, 1.82) is 0 Å². The van der Waals surface area contributed by atoms with Crippen LogP contribution in [0.3, 0.4) is 0 Å². The lowest BCUT2D eigenvalue weighted by atomic mass is 9.89. The van der Waals surface area contributed by atoms with E-state index in [0.29, 0.717) is 18.1 Å². The van der Waals surface area contributed by atoms with E-state index in [4.69, 9.17) is 0 Å². The molecular formula is C13H22N2O2S. The van der Waals surface area contributed by atoms with Gasteiger partial charge in [-0.05, 0) is 18.8 Å². The smallest absolute Gasteiger partial charge is 0.243 e. The first-order valence-corrected chi connectivity index (χ1v) is 8.06. The van der Waals surface area contributed by atoms with E-state index in [2.05, 4.69) is 10.6 Å². The van der Waals surface area contributed by atoms with Crippen LogP contribution in [-0.2, 0) is 9.59 Å². The summed E-state index contributed by atoms with van der Waals surface area (Å²) in [6.45, 7) is 0.774. The molecule has 4 nitrogen and oxygen atoms in total. The minimum Gasteiger partial charge on any atom is -0.354 e. The average Bonchev–Trinajstić information content (AvgIpc) is 2.62. The molecule has 2 fully saturated rings. The van der Waals surface area contributed by atoms with Crippen molar-refractivity contribution < 1.29 is 9.59 Å². The molecule has 1 aliphatic carbocycles. The van der Waals surface area contributed by atoms with E-state index in [1.165, 1.54) is 32.1 Å². The minimum absolute atomic E-state index is 0.00202. The molecule has 1 atom stereocenters. The van der Waals surface area contributed by atoms with Crippen LogP contribution in [0.25, 0.3) is 0 Å². The third kappa shape index (κ3) is 4.19. The van der Waals surface area contributed by atoms with Gasteiger partial charge in [0.2, 0.25) is 11.8 Å². The maximum Gasteiger partial charge on any atom is 0.243 e. The first-order valence-electron chi connectivity index (χ1n) is 6.90. The minimum atomic E-state index is -0.339. The Morgan fingerprint density at radius 1 is 1.33 bits per heavy atom. The number of thioether (sulfide) groups is 1. The molecule has 1 unspecified atom stereocenters. The molecule has 0 radical (unpaired) electrons. The Hall–Kier alpha value is -0.710. The Kier molecular flexibility index (Phi) is 5.35. The Bertz CT molecular complexity index is 303. The van der Waals surface area contributed by atoms with Gasteiger partial charge in [0.25, 0.3) is 0 Å². The topological polar surface area (TPSA) is 58.2 Å². The predicted octanol–water partition coefficient (Wildman–Crippen LogP) is 1.30. The first kappa shape index (κ1) is 13.7. The van der Waals surface area contributed by atoms with Gasteiger partial charge in [-0.15, -0.1) is 0 Å². The lowest BCUT2D eigenvalue weighted by Gasteiger charge is -2.23. The van der Waals surface area contributed by atoms with Gasteiger partial charge in [-0.2, -0.15) is 11.8 Å². The number of nitrogens with one attached hydrogen (secondary N) is 2. The van der Waals surface area contributed by atoms with Gasteiger partial charge >= 0.3 is 0 Å². The highest BCUT2D eigenvalue weighted by Crippen LogP contribution is 2.22. The fourth-order valence-electron chi connectivity index (χ4n) is 2.57. The summed E-state index contributed by atoms with van der Waals surface area (Å²) in [7, 11) is 0. The highest BCUT2D eigenvalue weighted by Gasteiger charge is 2.24. The molecule has 5 heteroatoms. The van der Waals surface area contributed by atoms with Crippen LogP contribution in [0.4, 0.5) is 0 Å². The Morgan fingerprint density at radius 2 is 2.11 bits per heavy atom. The third-order valence-electron chi connectivity index (χ3n) is 3.70. The first-order chi connectivity index (χ1) is 8.75. The van der Waals surface area contributed by atoms with E-state index < -0.39 is 0 Å². The molecular weight excluding hydrogens is 248 g/mol. The van der Waals surface area contributed by atoms with Gasteiger partial charge in [-0.1, -0.05) is 19.3 Å². The quantitative estimate of drug-likeness (QED) is 0.813. The van der Waals surface area contributed by atoms with Gasteiger partial charge in [-0.25, -0.2) is 0 Å². The number of hydrogen-bond donors (Lipinski definition) is 2. The molecule has 1 saturated carbocycles. The normalized spacial score (nSPS) is 26.2. The van der Waals surface area contributed by atoms with E-state index in [0.717, 1.165) is 12.3 Å². The van der Waals surface area contributed by atoms with Gasteiger partial charge in [0.05, 0.1) is 0 Å². The van der Waals surface area contributed by atoms with Crippen LogP contribution >= 0.6 is 11.8 Å². The van der Waals surface area contributed by atoms with Crippen LogP contribution in [-0.4, -0.2) is 35.9 Å². The maximum atomic E-state index is 12.0. The van der Waals surface area contributed by atoms with Crippen molar-refractivity contribution in [1.82, 2.24) is 10.6 Å². The maximum absolute atomic E-state index is 12.0. The largest absolute Gasteiger partial charge is 0.354 e. The molecule has 18 heavy (non-hydrogen) atoms. The monoisotopic (exact) mass is 270 g/mol. The number of carbonyl (C=O) groups is 2. The second-order valence-electron chi connectivity index (χ2n) is 5.19. The Morgan fingerprint density at radius 3 is 2.89 bits per heavy atom. The van der Waals surface area contributed by atoms with E-state index >= 15 is 0 Å². The summed E-state index contributed by atoms with van der Waals surface area (Å²) < 4.78 is 0. The highest BCUT2D eigenvalue weighted by molar-refractivity contribution is 7.99. The summed E-state index contributed by atoms with van der Waals surface area (Å²) in [4.78, 5) is 23.4. The van der Waals surface area contributed by atoms with Crippen LogP contribution in [0.5, 0.6) is 0 Å². The van der Waals surface area contributed by atoms with Crippen LogP contribution in [0, 0.1) is 5.92 Å². The molecule has 2 N–H and O–H groups in total. The number of carbonyl (C=O) groups excluding carboxylic acids is 2. The Labute approximate surface area is 113 Å². The molecule has 0 aromatic heterocycles. The van der Waals surface area contributed by atoms with Crippen molar-refractivity contribution in [2.24, 2.45) is 5.92 Å². The van der Waals surface area contributed by atoms with Crippen LogP contribution in [0.2, 0.25) is 0 Å². The number of hydrogen-bond acceptors (Lipinski definition) is 3. The van der Waals surface area contributed by atoms with Crippen molar-refractivity contribution in [2.45, 2.75) is 44.6 Å². The number of rotatable bonds is 3. The van der Waals surface area contributed by atoms with Crippen molar-refractivity contribution in [2.75, 3.05) is 18.1 Å². The SMILES string of the molecule is O=C1CCSCC(C(=O)NCC2CCCCC2)N1. The zero-order valence-corrected chi connectivity index (χ0v) is 11.6. The standard InChI is InChI=1S/C13H22N2O2S/c16-12-6-7-18-9-11(15-12)13(17)14-8-10-4-2-1-3-5-10/h10-11H,1-9H2,(H,14,17)(H,15,16). The second-order valence-corrected chi connectivity index (χ2v) is 6.34. The summed E-state index contributed by atoms with van der Waals surface area (Å²) in [6, 6.07) is -0.339. The van der Waals surface area contributed by atoms with Crippen LogP contribution in [0.1, 0.15) is 38.5 Å². The molecule has 1 heterocycles. The van der Waals surface area contributed by atoms with Gasteiger partial charge in [0.1, 0.15) is 6.04 Å². The van der Waals surface area contributed by atoms with Crippen molar-refractivity contribution in [3.8, 4) is 0 Å². The van der Waals surface area contributed by atoms with Crippen LogP contribution in [0.15, 0.2) is 0 Å². The van der Waals surface area contributed by atoms with Gasteiger partial charge in [0, 0.05) is 24.5 Å². The summed E-state index contributed by atoms with van der Waals surface area (Å²) in [5.74, 6) is 2.14. The lowest BCUT2D eigenvalue weighted by molar-refractivity contribution is -0.128. The molecule has 102 valence electrons. The highest BCUT2D eigenvalue weighted by atomic mass is 32.2. The van der Waals surface area contributed by atoms with Crippen molar-refractivity contribution in [3.05, 3.63) is 0 Å². The molecule has 0 spiro atoms. The molecule has 2 aliphatic rings. The lowest BCUT2D eigenvalue weighted by Crippen LogP contribution is -2.48. The molecule has 0 aromatic carbocycles. The molecule has 2 amide bonds. The van der Waals surface area contributed by atoms with Gasteiger partial charge in [0.15, 0.2) is 0 Å². The molecule has 1 aliphatic heterocycles. The average molecular weight is 270 g/mol. The fraction of sp³-hybridized carbons (Fsp3) is 0.846. The Balaban J connectivity index is 1.74. The van der Waals surface area contributed by atoms with Crippen LogP contribution < -0.4 is 10.6 Å². The van der Waals surface area contributed by atoms with E-state index in [1.807, 2.05) is 0 Å². The van der Waals surface area contributed by atoms with E-state index in [9.17, 15) is 9.59 Å². The molecule has 1 saturated heterocycles. The third-order valence-corrected chi connectivity index (χ3v) is 4.76. The summed E-state index contributed by atoms with van der Waals surface area (Å²) in [6.07, 6.45) is 6.89. The fourth-order valence-corrected chi connectivity index (χ4v) is 3.54. The second kappa shape index (κ2) is 7.02. The zero-order valence-electron chi connectivity index (χ0n) is 10.7. The van der Waals surface area contributed by atoms with Crippen molar-refractivity contribution in [3.63, 3.8) is 0 Å². The molecule has 0 bridgehead atoms. The van der Waals surface area contributed by atoms with Gasteiger partial charge < -0.3 is 10.6 Å². The van der Waals surface area contributed by atoms with Gasteiger partial charge in [-0.3, -0.25) is 9.59 Å². The van der Waals surface area contributed by atoms with E-state index in [1.54, 1.807) is 11.8 Å². The zero-order chi connectivity index (χ0) is 12.8. The summed E-state index contributed by atoms with van der Waals surface area (Å²) in [5, 5.41) is 5.80. The summed E-state index contributed by atoms with van der Waals surface area (Å²) >= 11 is 1.67. The predicted molar refractivity (Wildman–Crippen MR) is 73.5 cm³/mol. The van der Waals surface area contributed by atoms with Crippen molar-refractivity contribution >= 4 is 23.6 Å². The number of amides is 2. The molecule has 0 aromatic rings. The van der Waals surface area contributed by atoms with E-state index in [-0.39, 0.29) is 17.9 Å². The molecule has 2 rings (SSSR count).